The molecule has 1 N–H and O–H groups in total. The lowest BCUT2D eigenvalue weighted by Gasteiger charge is -2.24. The summed E-state index contributed by atoms with van der Waals surface area (Å²) in [5, 5.41) is 0. The standard InChI is InChI=1S/C15H23NO3S/c1-10-8-13(19-5)12(15(2,3)4)9-14(10)20(17,18)16-11-6-7-11/h8-9,11,16H,6-7H2,1-5H3. The Morgan fingerprint density at radius 3 is 2.30 bits per heavy atom. The Morgan fingerprint density at radius 2 is 1.85 bits per heavy atom. The largest absolute Gasteiger partial charge is 0.496 e. The first kappa shape index (κ1) is 15.3. The van der Waals surface area contributed by atoms with E-state index in [2.05, 4.69) is 4.72 Å². The first-order valence-electron chi connectivity index (χ1n) is 6.86. The van der Waals surface area contributed by atoms with E-state index in [1.54, 1.807) is 20.1 Å². The second kappa shape index (κ2) is 5.04. The summed E-state index contributed by atoms with van der Waals surface area (Å²) in [6.07, 6.45) is 1.86. The molecular weight excluding hydrogens is 274 g/mol. The molecule has 20 heavy (non-hydrogen) atoms. The third kappa shape index (κ3) is 3.15. The number of rotatable bonds is 4. The summed E-state index contributed by atoms with van der Waals surface area (Å²) in [5.74, 6) is 0.736. The zero-order valence-electron chi connectivity index (χ0n) is 12.8. The zero-order chi connectivity index (χ0) is 15.1. The molecule has 0 bridgehead atoms. The van der Waals surface area contributed by atoms with Crippen LogP contribution in [0.4, 0.5) is 0 Å². The van der Waals surface area contributed by atoms with Crippen LogP contribution in [-0.4, -0.2) is 21.6 Å². The fraction of sp³-hybridized carbons (Fsp3) is 0.600. The van der Waals surface area contributed by atoms with E-state index in [0.29, 0.717) is 10.5 Å². The molecule has 112 valence electrons. The SMILES string of the molecule is COc1cc(C)c(S(=O)(=O)NC2CC2)cc1C(C)(C)C. The number of sulfonamides is 1. The minimum absolute atomic E-state index is 0.111. The van der Waals surface area contributed by atoms with Crippen LogP contribution in [0, 0.1) is 6.92 Å². The lowest BCUT2D eigenvalue weighted by molar-refractivity contribution is 0.396. The molecule has 1 aliphatic rings. The molecule has 2 rings (SSSR count). The molecule has 0 radical (unpaired) electrons. The highest BCUT2D eigenvalue weighted by Crippen LogP contribution is 2.35. The number of benzene rings is 1. The number of nitrogens with one attached hydrogen (secondary N) is 1. The van der Waals surface area contributed by atoms with E-state index in [1.807, 2.05) is 26.8 Å². The third-order valence-electron chi connectivity index (χ3n) is 3.49. The van der Waals surface area contributed by atoms with Gasteiger partial charge in [-0.1, -0.05) is 20.8 Å². The molecular formula is C15H23NO3S. The monoisotopic (exact) mass is 297 g/mol. The van der Waals surface area contributed by atoms with E-state index in [1.165, 1.54) is 0 Å². The molecule has 0 amide bonds. The average molecular weight is 297 g/mol. The molecule has 0 atom stereocenters. The summed E-state index contributed by atoms with van der Waals surface area (Å²) in [7, 11) is -1.83. The summed E-state index contributed by atoms with van der Waals surface area (Å²) in [4.78, 5) is 0.357. The van der Waals surface area contributed by atoms with Crippen molar-refractivity contribution in [3.8, 4) is 5.75 Å². The maximum atomic E-state index is 12.4. The van der Waals surface area contributed by atoms with Crippen molar-refractivity contribution in [2.45, 2.75) is 56.9 Å². The lowest BCUT2D eigenvalue weighted by atomic mass is 9.86. The lowest BCUT2D eigenvalue weighted by Crippen LogP contribution is -2.27. The van der Waals surface area contributed by atoms with Crippen LogP contribution in [0.5, 0.6) is 5.75 Å². The van der Waals surface area contributed by atoms with Gasteiger partial charge >= 0.3 is 0 Å². The predicted molar refractivity (Wildman–Crippen MR) is 79.8 cm³/mol. The van der Waals surface area contributed by atoms with Crippen molar-refractivity contribution < 1.29 is 13.2 Å². The Labute approximate surface area is 121 Å². The Bertz CT molecular complexity index is 611. The van der Waals surface area contributed by atoms with Gasteiger partial charge in [-0.05, 0) is 42.9 Å². The fourth-order valence-electron chi connectivity index (χ4n) is 2.19. The van der Waals surface area contributed by atoms with Crippen molar-refractivity contribution in [1.29, 1.82) is 0 Å². The predicted octanol–water partition coefficient (Wildman–Crippen LogP) is 2.74. The number of hydrogen-bond donors (Lipinski definition) is 1. The minimum Gasteiger partial charge on any atom is -0.496 e. The Hall–Kier alpha value is -1.07. The first-order chi connectivity index (χ1) is 9.15. The zero-order valence-corrected chi connectivity index (χ0v) is 13.6. The molecule has 1 aromatic carbocycles. The van der Waals surface area contributed by atoms with Gasteiger partial charge in [0.25, 0.3) is 0 Å². The van der Waals surface area contributed by atoms with Crippen LogP contribution >= 0.6 is 0 Å². The van der Waals surface area contributed by atoms with E-state index < -0.39 is 10.0 Å². The van der Waals surface area contributed by atoms with Gasteiger partial charge in [-0.15, -0.1) is 0 Å². The van der Waals surface area contributed by atoms with Crippen LogP contribution in [0.15, 0.2) is 17.0 Å². The molecule has 0 aliphatic heterocycles. The molecule has 0 heterocycles. The second-order valence-electron chi connectivity index (χ2n) is 6.46. The van der Waals surface area contributed by atoms with Gasteiger partial charge in [0.1, 0.15) is 5.75 Å². The van der Waals surface area contributed by atoms with Gasteiger partial charge in [0.15, 0.2) is 0 Å². The van der Waals surface area contributed by atoms with Crippen molar-refractivity contribution >= 4 is 10.0 Å². The van der Waals surface area contributed by atoms with Crippen LogP contribution in [0.25, 0.3) is 0 Å². The van der Waals surface area contributed by atoms with E-state index >= 15 is 0 Å². The number of ether oxygens (including phenoxy) is 1. The first-order valence-corrected chi connectivity index (χ1v) is 8.35. The summed E-state index contributed by atoms with van der Waals surface area (Å²) in [5.41, 5.74) is 1.44. The maximum Gasteiger partial charge on any atom is 0.241 e. The van der Waals surface area contributed by atoms with Crippen molar-refractivity contribution in [3.05, 3.63) is 23.3 Å². The topological polar surface area (TPSA) is 55.4 Å². The molecule has 0 aromatic heterocycles. The van der Waals surface area contributed by atoms with Crippen LogP contribution in [0.2, 0.25) is 0 Å². The summed E-state index contributed by atoms with van der Waals surface area (Å²) < 4.78 is 33.0. The van der Waals surface area contributed by atoms with Gasteiger partial charge < -0.3 is 4.74 Å². The Kier molecular flexibility index (Phi) is 3.86. The highest BCUT2D eigenvalue weighted by Gasteiger charge is 2.30. The summed E-state index contributed by atoms with van der Waals surface area (Å²) in [6.45, 7) is 7.94. The fourth-order valence-corrected chi connectivity index (χ4v) is 3.75. The second-order valence-corrected chi connectivity index (χ2v) is 8.15. The van der Waals surface area contributed by atoms with Crippen molar-refractivity contribution in [2.24, 2.45) is 0 Å². The van der Waals surface area contributed by atoms with E-state index in [-0.39, 0.29) is 11.5 Å². The van der Waals surface area contributed by atoms with Crippen LogP contribution < -0.4 is 9.46 Å². The van der Waals surface area contributed by atoms with Gasteiger partial charge in [0.2, 0.25) is 10.0 Å². The van der Waals surface area contributed by atoms with Crippen molar-refractivity contribution in [1.82, 2.24) is 4.72 Å². The van der Waals surface area contributed by atoms with Crippen LogP contribution in [0.3, 0.4) is 0 Å². The highest BCUT2D eigenvalue weighted by molar-refractivity contribution is 7.89. The molecule has 5 heteroatoms. The van der Waals surface area contributed by atoms with Gasteiger partial charge in [-0.3, -0.25) is 0 Å². The quantitative estimate of drug-likeness (QED) is 0.929. The smallest absolute Gasteiger partial charge is 0.241 e. The maximum absolute atomic E-state index is 12.4. The van der Waals surface area contributed by atoms with Crippen molar-refractivity contribution in [2.75, 3.05) is 7.11 Å². The van der Waals surface area contributed by atoms with Crippen LogP contribution in [0.1, 0.15) is 44.7 Å². The summed E-state index contributed by atoms with van der Waals surface area (Å²) in [6, 6.07) is 3.67. The molecule has 4 nitrogen and oxygen atoms in total. The Balaban J connectivity index is 2.53. The normalized spacial score (nSPS) is 16.2. The molecule has 1 saturated carbocycles. The van der Waals surface area contributed by atoms with Gasteiger partial charge in [0, 0.05) is 11.6 Å². The summed E-state index contributed by atoms with van der Waals surface area (Å²) >= 11 is 0. The van der Waals surface area contributed by atoms with Gasteiger partial charge in [0.05, 0.1) is 12.0 Å². The number of hydrogen-bond acceptors (Lipinski definition) is 3. The van der Waals surface area contributed by atoms with E-state index in [4.69, 9.17) is 4.74 Å². The Morgan fingerprint density at radius 1 is 1.25 bits per heavy atom. The number of aryl methyl sites for hydroxylation is 1. The van der Waals surface area contributed by atoms with Crippen molar-refractivity contribution in [3.63, 3.8) is 0 Å². The van der Waals surface area contributed by atoms with E-state index in [9.17, 15) is 8.42 Å². The average Bonchev–Trinajstić information content (AvgIpc) is 3.09. The molecule has 0 spiro atoms. The molecule has 1 aromatic rings. The molecule has 1 aliphatic carbocycles. The third-order valence-corrected chi connectivity index (χ3v) is 5.16. The van der Waals surface area contributed by atoms with Gasteiger partial charge in [-0.2, -0.15) is 0 Å². The van der Waals surface area contributed by atoms with Gasteiger partial charge in [-0.25, -0.2) is 13.1 Å². The molecule has 0 saturated heterocycles. The minimum atomic E-state index is -3.44. The molecule has 1 fully saturated rings. The highest BCUT2D eigenvalue weighted by atomic mass is 32.2. The molecule has 0 unspecified atom stereocenters. The van der Waals surface area contributed by atoms with Crippen LogP contribution in [-0.2, 0) is 15.4 Å². The van der Waals surface area contributed by atoms with E-state index in [0.717, 1.165) is 24.2 Å². The number of methoxy groups -OCH3 is 1.